The Kier molecular flexibility index (Phi) is 9.37. The van der Waals surface area contributed by atoms with Crippen molar-refractivity contribution in [3.8, 4) is 11.3 Å². The second-order valence-electron chi connectivity index (χ2n) is 4.30. The molecule has 104 valence electrons. The first-order valence-corrected chi connectivity index (χ1v) is 6.74. The molecule has 1 aromatic carbocycles. The average molecular weight is 258 g/mol. The van der Waals surface area contributed by atoms with Crippen LogP contribution < -0.4 is 5.73 Å². The molecule has 0 unspecified atom stereocenters. The molecular formula is C17H26N2. The zero-order valence-corrected chi connectivity index (χ0v) is 12.8. The van der Waals surface area contributed by atoms with Crippen molar-refractivity contribution in [3.63, 3.8) is 0 Å². The number of aryl methyl sites for hydroxylation is 2. The number of benzene rings is 1. The largest absolute Gasteiger partial charge is 0.333 e. The Labute approximate surface area is 117 Å². The van der Waals surface area contributed by atoms with Crippen LogP contribution in [0.25, 0.3) is 11.3 Å². The topological polar surface area (TPSA) is 38.9 Å². The van der Waals surface area contributed by atoms with Gasteiger partial charge in [-0.15, -0.1) is 0 Å². The van der Waals surface area contributed by atoms with Crippen molar-refractivity contribution in [1.82, 2.24) is 4.98 Å². The summed E-state index contributed by atoms with van der Waals surface area (Å²) in [7, 11) is 1.50. The van der Waals surface area contributed by atoms with Gasteiger partial charge in [0.2, 0.25) is 0 Å². The molecule has 0 atom stereocenters. The lowest BCUT2D eigenvalue weighted by molar-refractivity contribution is 1.09. The summed E-state index contributed by atoms with van der Waals surface area (Å²) in [5, 5.41) is 0. The minimum atomic E-state index is 1.05. The molecule has 2 nitrogen and oxygen atoms in total. The first kappa shape index (κ1) is 17.3. The highest BCUT2D eigenvalue weighted by molar-refractivity contribution is 5.60. The van der Waals surface area contributed by atoms with Crippen LogP contribution in [0.3, 0.4) is 0 Å². The van der Waals surface area contributed by atoms with Gasteiger partial charge in [-0.3, -0.25) is 4.98 Å². The second kappa shape index (κ2) is 10.3. The standard InChI is InChI=1S/C13H13N.C3H8.CH5N/c1-10-4-3-5-12(8-10)13-9-11(2)6-7-14-13;1-3-2;1-2/h3-9H,1-2H3;3H2,1-2H3;2H2,1H3. The zero-order chi connectivity index (χ0) is 14.7. The number of rotatable bonds is 1. The normalized spacial score (nSPS) is 8.74. The minimum absolute atomic E-state index is 1.05. The van der Waals surface area contributed by atoms with E-state index in [1.54, 1.807) is 0 Å². The van der Waals surface area contributed by atoms with Crippen molar-refractivity contribution >= 4 is 0 Å². The molecule has 2 heteroatoms. The Hall–Kier alpha value is -1.67. The van der Waals surface area contributed by atoms with Gasteiger partial charge in [0.05, 0.1) is 5.69 Å². The van der Waals surface area contributed by atoms with E-state index >= 15 is 0 Å². The van der Waals surface area contributed by atoms with E-state index in [1.165, 1.54) is 30.2 Å². The molecular weight excluding hydrogens is 232 g/mol. The Morgan fingerprint density at radius 3 is 2.05 bits per heavy atom. The van der Waals surface area contributed by atoms with Crippen LogP contribution in [0.1, 0.15) is 31.4 Å². The Balaban J connectivity index is 0.000000573. The molecule has 0 aliphatic heterocycles. The van der Waals surface area contributed by atoms with Gasteiger partial charge in [-0.2, -0.15) is 0 Å². The summed E-state index contributed by atoms with van der Waals surface area (Å²) in [4.78, 5) is 4.35. The van der Waals surface area contributed by atoms with Crippen molar-refractivity contribution in [2.45, 2.75) is 34.1 Å². The zero-order valence-electron chi connectivity index (χ0n) is 12.8. The summed E-state index contributed by atoms with van der Waals surface area (Å²) in [6.45, 7) is 8.43. The highest BCUT2D eigenvalue weighted by atomic mass is 14.7. The fourth-order valence-electron chi connectivity index (χ4n) is 1.50. The fourth-order valence-corrected chi connectivity index (χ4v) is 1.50. The van der Waals surface area contributed by atoms with Gasteiger partial charge in [-0.25, -0.2) is 0 Å². The lowest BCUT2D eigenvalue weighted by Gasteiger charge is -2.02. The molecule has 0 bridgehead atoms. The summed E-state index contributed by atoms with van der Waals surface area (Å²) in [6, 6.07) is 12.5. The number of pyridine rings is 1. The van der Waals surface area contributed by atoms with Gasteiger partial charge in [-0.1, -0.05) is 44.0 Å². The van der Waals surface area contributed by atoms with Gasteiger partial charge in [-0.05, 0) is 44.7 Å². The summed E-state index contributed by atoms with van der Waals surface area (Å²) in [6.07, 6.45) is 3.10. The first-order valence-electron chi connectivity index (χ1n) is 6.74. The molecule has 0 fully saturated rings. The van der Waals surface area contributed by atoms with Gasteiger partial charge < -0.3 is 5.73 Å². The van der Waals surface area contributed by atoms with Crippen LogP contribution in [-0.2, 0) is 0 Å². The van der Waals surface area contributed by atoms with E-state index in [0.29, 0.717) is 0 Å². The van der Waals surface area contributed by atoms with E-state index in [2.05, 4.69) is 68.7 Å². The van der Waals surface area contributed by atoms with E-state index in [1.807, 2.05) is 12.3 Å². The molecule has 2 N–H and O–H groups in total. The third-order valence-corrected chi connectivity index (χ3v) is 2.23. The van der Waals surface area contributed by atoms with Gasteiger partial charge in [0.15, 0.2) is 0 Å². The first-order chi connectivity index (χ1) is 9.17. The maximum Gasteiger partial charge on any atom is 0.0704 e. The summed E-state index contributed by atoms with van der Waals surface area (Å²) < 4.78 is 0. The molecule has 0 aliphatic carbocycles. The molecule has 0 spiro atoms. The molecule has 2 aromatic rings. The van der Waals surface area contributed by atoms with E-state index in [4.69, 9.17) is 0 Å². The molecule has 0 saturated carbocycles. The highest BCUT2D eigenvalue weighted by Crippen LogP contribution is 2.18. The van der Waals surface area contributed by atoms with Crippen LogP contribution in [0, 0.1) is 13.8 Å². The smallest absolute Gasteiger partial charge is 0.0704 e. The predicted molar refractivity (Wildman–Crippen MR) is 85.2 cm³/mol. The molecule has 0 radical (unpaired) electrons. The van der Waals surface area contributed by atoms with E-state index in [9.17, 15) is 0 Å². The molecule has 0 amide bonds. The number of nitrogens with two attached hydrogens (primary N) is 1. The number of nitrogens with zero attached hydrogens (tertiary/aromatic N) is 1. The third kappa shape index (κ3) is 6.73. The van der Waals surface area contributed by atoms with Gasteiger partial charge >= 0.3 is 0 Å². The third-order valence-electron chi connectivity index (χ3n) is 2.23. The predicted octanol–water partition coefficient (Wildman–Crippen LogP) is 4.36. The SMILES string of the molecule is CCC.CN.Cc1cccc(-c2cc(C)ccn2)c1. The van der Waals surface area contributed by atoms with Crippen LogP contribution >= 0.6 is 0 Å². The minimum Gasteiger partial charge on any atom is -0.333 e. The van der Waals surface area contributed by atoms with Gasteiger partial charge in [0.1, 0.15) is 0 Å². The van der Waals surface area contributed by atoms with Crippen molar-refractivity contribution in [3.05, 3.63) is 53.7 Å². The Bertz CT molecular complexity index is 421. The van der Waals surface area contributed by atoms with Crippen LogP contribution in [0.4, 0.5) is 0 Å². The lowest BCUT2D eigenvalue weighted by Crippen LogP contribution is -1.84. The second-order valence-corrected chi connectivity index (χ2v) is 4.30. The Morgan fingerprint density at radius 2 is 1.53 bits per heavy atom. The van der Waals surface area contributed by atoms with Crippen LogP contribution in [-0.4, -0.2) is 12.0 Å². The number of hydrogen-bond donors (Lipinski definition) is 1. The lowest BCUT2D eigenvalue weighted by atomic mass is 10.1. The number of aromatic nitrogens is 1. The quantitative estimate of drug-likeness (QED) is 0.825. The van der Waals surface area contributed by atoms with Crippen molar-refractivity contribution in [1.29, 1.82) is 0 Å². The molecule has 0 aliphatic rings. The maximum atomic E-state index is 4.50. The molecule has 19 heavy (non-hydrogen) atoms. The van der Waals surface area contributed by atoms with Crippen molar-refractivity contribution < 1.29 is 0 Å². The van der Waals surface area contributed by atoms with Gasteiger partial charge in [0.25, 0.3) is 0 Å². The Morgan fingerprint density at radius 1 is 0.947 bits per heavy atom. The van der Waals surface area contributed by atoms with Crippen molar-refractivity contribution in [2.24, 2.45) is 5.73 Å². The maximum absolute atomic E-state index is 4.50. The highest BCUT2D eigenvalue weighted by Gasteiger charge is 1.98. The monoisotopic (exact) mass is 258 g/mol. The van der Waals surface area contributed by atoms with Crippen LogP contribution in [0.2, 0.25) is 0 Å². The fraction of sp³-hybridized carbons (Fsp3) is 0.353. The summed E-state index contributed by atoms with van der Waals surface area (Å²) in [5.74, 6) is 0. The van der Waals surface area contributed by atoms with Crippen LogP contribution in [0.15, 0.2) is 42.6 Å². The number of hydrogen-bond acceptors (Lipinski definition) is 2. The van der Waals surface area contributed by atoms with E-state index in [0.717, 1.165) is 5.69 Å². The molecule has 1 heterocycles. The van der Waals surface area contributed by atoms with Gasteiger partial charge in [0, 0.05) is 11.8 Å². The molecule has 2 rings (SSSR count). The molecule has 0 saturated heterocycles. The molecule has 1 aromatic heterocycles. The van der Waals surface area contributed by atoms with E-state index < -0.39 is 0 Å². The average Bonchev–Trinajstić information content (AvgIpc) is 2.42. The van der Waals surface area contributed by atoms with Crippen LogP contribution in [0.5, 0.6) is 0 Å². The summed E-state index contributed by atoms with van der Waals surface area (Å²) in [5.41, 5.74) is 9.25. The van der Waals surface area contributed by atoms with Crippen molar-refractivity contribution in [2.75, 3.05) is 7.05 Å². The summed E-state index contributed by atoms with van der Waals surface area (Å²) >= 11 is 0. The van der Waals surface area contributed by atoms with E-state index in [-0.39, 0.29) is 0 Å².